The summed E-state index contributed by atoms with van der Waals surface area (Å²) in [5.74, 6) is 1.59. The lowest BCUT2D eigenvalue weighted by Crippen LogP contribution is -2.36. The fourth-order valence-corrected chi connectivity index (χ4v) is 3.83. The maximum atomic E-state index is 12.1. The first-order valence-electron chi connectivity index (χ1n) is 9.58. The highest BCUT2D eigenvalue weighted by atomic mass is 16.6. The van der Waals surface area contributed by atoms with Gasteiger partial charge >= 0.3 is 6.09 Å². The number of carbonyl (C=O) groups is 1. The Morgan fingerprint density at radius 2 is 1.83 bits per heavy atom. The molecule has 2 fully saturated rings. The second-order valence-electron chi connectivity index (χ2n) is 8.45. The summed E-state index contributed by atoms with van der Waals surface area (Å²) in [5.41, 5.74) is -0.395. The molecule has 1 amide bonds. The van der Waals surface area contributed by atoms with Gasteiger partial charge in [0, 0.05) is 19.1 Å². The normalized spacial score (nSPS) is 28.9. The lowest BCUT2D eigenvalue weighted by atomic mass is 9.84. The van der Waals surface area contributed by atoms with E-state index in [1.807, 2.05) is 25.7 Å². The van der Waals surface area contributed by atoms with Gasteiger partial charge < -0.3 is 15.0 Å². The molecule has 0 aromatic rings. The molecule has 4 heteroatoms. The zero-order valence-electron chi connectivity index (χ0n) is 15.6. The SMILES string of the molecule is CCC1CCC(NCCC2CCN(C(=O)OC(C)(C)C)C2)CC1. The number of nitrogens with one attached hydrogen (secondary N) is 1. The first-order valence-corrected chi connectivity index (χ1v) is 9.58. The number of ether oxygens (including phenoxy) is 1. The summed E-state index contributed by atoms with van der Waals surface area (Å²) in [6, 6.07) is 0.723. The Bertz CT molecular complexity index is 370. The fourth-order valence-electron chi connectivity index (χ4n) is 3.83. The molecule has 0 aromatic heterocycles. The third-order valence-electron chi connectivity index (χ3n) is 5.35. The molecule has 2 aliphatic rings. The number of carbonyl (C=O) groups excluding carboxylic acids is 1. The average molecular weight is 325 g/mol. The zero-order valence-corrected chi connectivity index (χ0v) is 15.6. The third kappa shape index (κ3) is 6.33. The lowest BCUT2D eigenvalue weighted by molar-refractivity contribution is 0.0287. The van der Waals surface area contributed by atoms with Crippen LogP contribution in [0.3, 0.4) is 0 Å². The van der Waals surface area contributed by atoms with Crippen LogP contribution in [-0.4, -0.2) is 42.3 Å². The van der Waals surface area contributed by atoms with E-state index >= 15 is 0 Å². The topological polar surface area (TPSA) is 41.6 Å². The Kier molecular flexibility index (Phi) is 6.75. The van der Waals surface area contributed by atoms with Gasteiger partial charge in [-0.15, -0.1) is 0 Å². The van der Waals surface area contributed by atoms with E-state index in [-0.39, 0.29) is 6.09 Å². The quantitative estimate of drug-likeness (QED) is 0.824. The standard InChI is InChI=1S/C19H36N2O2/c1-5-15-6-8-17(9-7-15)20-12-10-16-11-13-21(14-16)18(22)23-19(2,3)4/h15-17,20H,5-14H2,1-4H3. The molecule has 0 aromatic carbocycles. The smallest absolute Gasteiger partial charge is 0.410 e. The largest absolute Gasteiger partial charge is 0.444 e. The number of amides is 1. The summed E-state index contributed by atoms with van der Waals surface area (Å²) in [7, 11) is 0. The molecule has 1 N–H and O–H groups in total. The second-order valence-corrected chi connectivity index (χ2v) is 8.45. The van der Waals surface area contributed by atoms with E-state index in [0.717, 1.165) is 38.0 Å². The molecule has 4 nitrogen and oxygen atoms in total. The van der Waals surface area contributed by atoms with Crippen LogP contribution in [0, 0.1) is 11.8 Å². The van der Waals surface area contributed by atoms with Gasteiger partial charge in [-0.25, -0.2) is 4.79 Å². The molecule has 0 radical (unpaired) electrons. The van der Waals surface area contributed by atoms with Crippen LogP contribution in [-0.2, 0) is 4.74 Å². The summed E-state index contributed by atoms with van der Waals surface area (Å²) < 4.78 is 5.46. The molecule has 1 atom stereocenters. The Hall–Kier alpha value is -0.770. The summed E-state index contributed by atoms with van der Waals surface area (Å²) in [6.45, 7) is 10.9. The Morgan fingerprint density at radius 3 is 2.43 bits per heavy atom. The molecule has 0 bridgehead atoms. The molecule has 2 rings (SSSR count). The van der Waals surface area contributed by atoms with Gasteiger partial charge in [0.25, 0.3) is 0 Å². The maximum absolute atomic E-state index is 12.1. The molecule has 1 aliphatic carbocycles. The zero-order chi connectivity index (χ0) is 16.9. The minimum Gasteiger partial charge on any atom is -0.444 e. The first kappa shape index (κ1) is 18.6. The van der Waals surface area contributed by atoms with E-state index in [4.69, 9.17) is 4.74 Å². The van der Waals surface area contributed by atoms with Crippen molar-refractivity contribution in [3.63, 3.8) is 0 Å². The number of nitrogens with zero attached hydrogens (tertiary/aromatic N) is 1. The van der Waals surface area contributed by atoms with Crippen LogP contribution in [0.1, 0.15) is 72.6 Å². The molecule has 23 heavy (non-hydrogen) atoms. The van der Waals surface area contributed by atoms with Crippen molar-refractivity contribution in [3.8, 4) is 0 Å². The number of likely N-dealkylation sites (tertiary alicyclic amines) is 1. The van der Waals surface area contributed by atoms with Crippen molar-refractivity contribution in [3.05, 3.63) is 0 Å². The van der Waals surface area contributed by atoms with E-state index in [9.17, 15) is 4.79 Å². The van der Waals surface area contributed by atoms with Crippen LogP contribution < -0.4 is 5.32 Å². The molecule has 1 saturated carbocycles. The summed E-state index contributed by atoms with van der Waals surface area (Å²) in [5, 5.41) is 3.74. The highest BCUT2D eigenvalue weighted by molar-refractivity contribution is 5.68. The van der Waals surface area contributed by atoms with Crippen molar-refractivity contribution < 1.29 is 9.53 Å². The maximum Gasteiger partial charge on any atom is 0.410 e. The Balaban J connectivity index is 1.60. The van der Waals surface area contributed by atoms with E-state index < -0.39 is 5.60 Å². The predicted octanol–water partition coefficient (Wildman–Crippen LogP) is 4.19. The third-order valence-corrected chi connectivity index (χ3v) is 5.35. The van der Waals surface area contributed by atoms with Crippen molar-refractivity contribution in [2.24, 2.45) is 11.8 Å². The Morgan fingerprint density at radius 1 is 1.13 bits per heavy atom. The average Bonchev–Trinajstić information content (AvgIpc) is 2.95. The molecule has 0 spiro atoms. The van der Waals surface area contributed by atoms with Crippen molar-refractivity contribution in [2.75, 3.05) is 19.6 Å². The fraction of sp³-hybridized carbons (Fsp3) is 0.947. The van der Waals surface area contributed by atoms with Crippen molar-refractivity contribution in [1.82, 2.24) is 10.2 Å². The van der Waals surface area contributed by atoms with Crippen LogP contribution >= 0.6 is 0 Å². The van der Waals surface area contributed by atoms with Gasteiger partial charge in [0.2, 0.25) is 0 Å². The minimum absolute atomic E-state index is 0.147. The molecule has 1 aliphatic heterocycles. The van der Waals surface area contributed by atoms with Gasteiger partial charge in [-0.05, 0) is 77.7 Å². The van der Waals surface area contributed by atoms with Gasteiger partial charge in [0.15, 0.2) is 0 Å². The van der Waals surface area contributed by atoms with Crippen LogP contribution in [0.2, 0.25) is 0 Å². The number of hydrogen-bond acceptors (Lipinski definition) is 3. The predicted molar refractivity (Wildman–Crippen MR) is 94.6 cm³/mol. The van der Waals surface area contributed by atoms with Crippen LogP contribution in [0.25, 0.3) is 0 Å². The monoisotopic (exact) mass is 324 g/mol. The Labute approximate surface area is 142 Å². The summed E-state index contributed by atoms with van der Waals surface area (Å²) >= 11 is 0. The van der Waals surface area contributed by atoms with E-state index in [1.54, 1.807) is 0 Å². The minimum atomic E-state index is -0.395. The van der Waals surface area contributed by atoms with E-state index in [1.165, 1.54) is 38.5 Å². The molecular formula is C19H36N2O2. The molecule has 134 valence electrons. The lowest BCUT2D eigenvalue weighted by Gasteiger charge is -2.29. The highest BCUT2D eigenvalue weighted by Crippen LogP contribution is 2.27. The first-order chi connectivity index (χ1) is 10.9. The molecule has 1 unspecified atom stereocenters. The van der Waals surface area contributed by atoms with E-state index in [0.29, 0.717) is 5.92 Å². The number of rotatable bonds is 5. The van der Waals surface area contributed by atoms with Crippen molar-refractivity contribution in [2.45, 2.75) is 84.3 Å². The summed E-state index contributed by atoms with van der Waals surface area (Å²) in [6.07, 6.45) is 8.95. The van der Waals surface area contributed by atoms with Crippen LogP contribution in [0.4, 0.5) is 4.79 Å². The molecule has 1 heterocycles. The van der Waals surface area contributed by atoms with Crippen molar-refractivity contribution in [1.29, 1.82) is 0 Å². The van der Waals surface area contributed by atoms with E-state index in [2.05, 4.69) is 12.2 Å². The molecular weight excluding hydrogens is 288 g/mol. The van der Waals surface area contributed by atoms with Crippen LogP contribution in [0.5, 0.6) is 0 Å². The second kappa shape index (κ2) is 8.36. The van der Waals surface area contributed by atoms with Crippen molar-refractivity contribution >= 4 is 6.09 Å². The summed E-state index contributed by atoms with van der Waals surface area (Å²) in [4.78, 5) is 14.0. The van der Waals surface area contributed by atoms with Crippen LogP contribution in [0.15, 0.2) is 0 Å². The van der Waals surface area contributed by atoms with Gasteiger partial charge in [-0.3, -0.25) is 0 Å². The van der Waals surface area contributed by atoms with Gasteiger partial charge in [-0.2, -0.15) is 0 Å². The van der Waals surface area contributed by atoms with Gasteiger partial charge in [0.1, 0.15) is 5.60 Å². The molecule has 1 saturated heterocycles. The number of hydrogen-bond donors (Lipinski definition) is 1. The highest BCUT2D eigenvalue weighted by Gasteiger charge is 2.29. The van der Waals surface area contributed by atoms with Gasteiger partial charge in [-0.1, -0.05) is 13.3 Å². The van der Waals surface area contributed by atoms with Gasteiger partial charge in [0.05, 0.1) is 0 Å².